The fourth-order valence-corrected chi connectivity index (χ4v) is 3.37. The van der Waals surface area contributed by atoms with Crippen molar-refractivity contribution in [1.29, 1.82) is 0 Å². The highest BCUT2D eigenvalue weighted by Gasteiger charge is 2.11. The molecule has 0 heterocycles. The van der Waals surface area contributed by atoms with E-state index in [1.54, 1.807) is 5.57 Å². The maximum atomic E-state index is 2.46. The summed E-state index contributed by atoms with van der Waals surface area (Å²) in [6.45, 7) is 9.67. The molecule has 1 heteroatoms. The van der Waals surface area contributed by atoms with Crippen LogP contribution in [0.5, 0.6) is 0 Å². The molecule has 1 aromatic rings. The molecular weight excluding hydrogens is 232 g/mol. The number of aryl methyl sites for hydroxylation is 1. The molecule has 0 amide bonds. The van der Waals surface area contributed by atoms with Crippen LogP contribution in [0, 0.1) is 0 Å². The molecule has 0 radical (unpaired) electrons. The van der Waals surface area contributed by atoms with Crippen molar-refractivity contribution in [3.8, 4) is 0 Å². The van der Waals surface area contributed by atoms with Crippen molar-refractivity contribution < 1.29 is 0 Å². The van der Waals surface area contributed by atoms with E-state index in [4.69, 9.17) is 0 Å². The zero-order valence-corrected chi connectivity index (χ0v) is 13.5. The van der Waals surface area contributed by atoms with Crippen LogP contribution in [0.2, 0.25) is 25.7 Å². The van der Waals surface area contributed by atoms with Gasteiger partial charge in [0, 0.05) is 8.07 Å². The number of rotatable bonds is 7. The summed E-state index contributed by atoms with van der Waals surface area (Å²) in [5.74, 6) is 0. The van der Waals surface area contributed by atoms with Gasteiger partial charge >= 0.3 is 0 Å². The van der Waals surface area contributed by atoms with E-state index in [0.717, 1.165) is 0 Å². The third-order valence-electron chi connectivity index (χ3n) is 3.27. The molecule has 1 aromatic carbocycles. The first-order chi connectivity index (χ1) is 8.47. The number of hydrogen-bond donors (Lipinski definition) is 0. The van der Waals surface area contributed by atoms with E-state index in [1.165, 1.54) is 37.3 Å². The van der Waals surface area contributed by atoms with Gasteiger partial charge in [0.15, 0.2) is 0 Å². The quantitative estimate of drug-likeness (QED) is 0.437. The van der Waals surface area contributed by atoms with Gasteiger partial charge in [-0.25, -0.2) is 0 Å². The molecule has 0 unspecified atom stereocenters. The number of allylic oxidation sites excluding steroid dienone is 2. The second kappa shape index (κ2) is 7.58. The first kappa shape index (κ1) is 15.2. The van der Waals surface area contributed by atoms with Crippen molar-refractivity contribution in [3.05, 3.63) is 47.5 Å². The Morgan fingerprint density at radius 1 is 1.11 bits per heavy atom. The molecule has 0 fully saturated rings. The highest BCUT2D eigenvalue weighted by Crippen LogP contribution is 2.16. The lowest BCUT2D eigenvalue weighted by Crippen LogP contribution is -2.18. The summed E-state index contributed by atoms with van der Waals surface area (Å²) < 4.78 is 0. The van der Waals surface area contributed by atoms with Gasteiger partial charge in [0.2, 0.25) is 0 Å². The molecule has 0 bridgehead atoms. The second-order valence-electron chi connectivity index (χ2n) is 6.49. The van der Waals surface area contributed by atoms with Crippen molar-refractivity contribution in [2.24, 2.45) is 0 Å². The molecule has 0 spiro atoms. The minimum Gasteiger partial charge on any atom is -0.0853 e. The van der Waals surface area contributed by atoms with Gasteiger partial charge in [0.25, 0.3) is 0 Å². The van der Waals surface area contributed by atoms with Crippen molar-refractivity contribution in [1.82, 2.24) is 0 Å². The zero-order valence-electron chi connectivity index (χ0n) is 12.5. The van der Waals surface area contributed by atoms with E-state index in [1.807, 2.05) is 0 Å². The molecule has 0 atom stereocenters. The maximum absolute atomic E-state index is 2.46. The van der Waals surface area contributed by atoms with Crippen molar-refractivity contribution >= 4 is 8.07 Å². The Labute approximate surface area is 114 Å². The Bertz CT molecular complexity index is 357. The minimum absolute atomic E-state index is 0.835. The summed E-state index contributed by atoms with van der Waals surface area (Å²) in [6.07, 6.45) is 7.45. The molecule has 100 valence electrons. The summed E-state index contributed by atoms with van der Waals surface area (Å²) in [7, 11) is -0.835. The summed E-state index contributed by atoms with van der Waals surface area (Å²) in [5, 5.41) is 0. The Balaban J connectivity index is 2.22. The van der Waals surface area contributed by atoms with Crippen LogP contribution in [-0.4, -0.2) is 8.07 Å². The lowest BCUT2D eigenvalue weighted by atomic mass is 10.1. The minimum atomic E-state index is -0.835. The summed E-state index contributed by atoms with van der Waals surface area (Å²) in [4.78, 5) is 0. The first-order valence-corrected chi connectivity index (χ1v) is 10.9. The van der Waals surface area contributed by atoms with Crippen LogP contribution in [0.1, 0.15) is 31.7 Å². The zero-order chi connectivity index (χ0) is 13.4. The van der Waals surface area contributed by atoms with Crippen molar-refractivity contribution in [2.75, 3.05) is 0 Å². The number of benzene rings is 1. The van der Waals surface area contributed by atoms with Gasteiger partial charge < -0.3 is 0 Å². The molecule has 0 N–H and O–H groups in total. The van der Waals surface area contributed by atoms with Gasteiger partial charge in [-0.3, -0.25) is 0 Å². The van der Waals surface area contributed by atoms with E-state index in [0.29, 0.717) is 0 Å². The fraction of sp³-hybridized carbons (Fsp3) is 0.529. The van der Waals surface area contributed by atoms with E-state index in [9.17, 15) is 0 Å². The van der Waals surface area contributed by atoms with Gasteiger partial charge in [-0.1, -0.05) is 74.1 Å². The average molecular weight is 260 g/mol. The largest absolute Gasteiger partial charge is 0.0853 e. The van der Waals surface area contributed by atoms with E-state index < -0.39 is 8.07 Å². The standard InChI is InChI=1S/C17H28Si/c1-16(11-9-15-18(2,3)4)10-8-14-17-12-6-5-7-13-17/h5-7,10,12-13H,8-9,11,14-15H2,1-4H3/b16-10+. The monoisotopic (exact) mass is 260 g/mol. The SMILES string of the molecule is C/C(=C\CCc1ccccc1)CCC[Si](C)(C)C. The molecule has 1 rings (SSSR count). The topological polar surface area (TPSA) is 0 Å². The van der Waals surface area contributed by atoms with Crippen LogP contribution in [0.15, 0.2) is 42.0 Å². The number of hydrogen-bond acceptors (Lipinski definition) is 0. The molecule has 0 aromatic heterocycles. The van der Waals surface area contributed by atoms with Crippen LogP contribution in [-0.2, 0) is 6.42 Å². The molecule has 0 nitrogen and oxygen atoms in total. The lowest BCUT2D eigenvalue weighted by molar-refractivity contribution is 0.870. The molecule has 0 saturated heterocycles. The van der Waals surface area contributed by atoms with E-state index >= 15 is 0 Å². The summed E-state index contributed by atoms with van der Waals surface area (Å²) in [6, 6.07) is 12.2. The Morgan fingerprint density at radius 2 is 1.78 bits per heavy atom. The highest BCUT2D eigenvalue weighted by molar-refractivity contribution is 6.76. The first-order valence-electron chi connectivity index (χ1n) is 7.17. The Morgan fingerprint density at radius 3 is 2.39 bits per heavy atom. The van der Waals surface area contributed by atoms with Gasteiger partial charge in [-0.05, 0) is 31.7 Å². The van der Waals surface area contributed by atoms with E-state index in [2.05, 4.69) is 63.0 Å². The van der Waals surface area contributed by atoms with Gasteiger partial charge in [0.1, 0.15) is 0 Å². The predicted octanol–water partition coefficient (Wildman–Crippen LogP) is 5.68. The van der Waals surface area contributed by atoms with Gasteiger partial charge in [-0.15, -0.1) is 0 Å². The van der Waals surface area contributed by atoms with Gasteiger partial charge in [0.05, 0.1) is 0 Å². The second-order valence-corrected chi connectivity index (χ2v) is 12.1. The predicted molar refractivity (Wildman–Crippen MR) is 85.9 cm³/mol. The summed E-state index contributed by atoms with van der Waals surface area (Å²) >= 11 is 0. The maximum Gasteiger partial charge on any atom is 0.0442 e. The van der Waals surface area contributed by atoms with Crippen LogP contribution in [0.25, 0.3) is 0 Å². The molecule has 0 aliphatic heterocycles. The van der Waals surface area contributed by atoms with Crippen LogP contribution >= 0.6 is 0 Å². The normalized spacial score (nSPS) is 12.8. The van der Waals surface area contributed by atoms with Crippen LogP contribution in [0.4, 0.5) is 0 Å². The van der Waals surface area contributed by atoms with Crippen molar-refractivity contribution in [3.63, 3.8) is 0 Å². The Hall–Kier alpha value is -0.823. The van der Waals surface area contributed by atoms with Crippen LogP contribution < -0.4 is 0 Å². The van der Waals surface area contributed by atoms with E-state index in [-0.39, 0.29) is 0 Å². The lowest BCUT2D eigenvalue weighted by Gasteiger charge is -2.15. The molecular formula is C17H28Si. The average Bonchev–Trinajstić information content (AvgIpc) is 2.28. The molecule has 0 saturated carbocycles. The fourth-order valence-electron chi connectivity index (χ4n) is 2.13. The molecule has 0 aliphatic rings. The smallest absolute Gasteiger partial charge is 0.0442 e. The van der Waals surface area contributed by atoms with Crippen LogP contribution in [0.3, 0.4) is 0 Å². The Kier molecular flexibility index (Phi) is 6.41. The third kappa shape index (κ3) is 7.49. The van der Waals surface area contributed by atoms with Crippen molar-refractivity contribution in [2.45, 2.75) is 58.3 Å². The molecule has 18 heavy (non-hydrogen) atoms. The third-order valence-corrected chi connectivity index (χ3v) is 5.12. The highest BCUT2D eigenvalue weighted by atomic mass is 28.3. The van der Waals surface area contributed by atoms with Gasteiger partial charge in [-0.2, -0.15) is 0 Å². The molecule has 0 aliphatic carbocycles. The summed E-state index contributed by atoms with van der Waals surface area (Å²) in [5.41, 5.74) is 3.02.